The quantitative estimate of drug-likeness (QED) is 0.338. The molecule has 0 aliphatic rings. The summed E-state index contributed by atoms with van der Waals surface area (Å²) in [7, 11) is 0. The molecule has 7 radical (unpaired) electrons. The molecule has 0 aromatic heterocycles. The van der Waals surface area contributed by atoms with E-state index in [0.717, 1.165) is 0 Å². The summed E-state index contributed by atoms with van der Waals surface area (Å²) in [4.78, 5) is 0. The van der Waals surface area contributed by atoms with Gasteiger partial charge in [0.1, 0.15) is 0 Å². The van der Waals surface area contributed by atoms with Crippen LogP contribution in [-0.2, 0) is 0 Å². The Hall–Kier alpha value is 3.09. The van der Waals surface area contributed by atoms with E-state index in [9.17, 15) is 0 Å². The fourth-order valence-electron chi connectivity index (χ4n) is 0. The zero-order valence-corrected chi connectivity index (χ0v) is 12.9. The summed E-state index contributed by atoms with van der Waals surface area (Å²) in [5, 5.41) is 0. The van der Waals surface area contributed by atoms with Gasteiger partial charge in [-0.3, -0.25) is 0 Å². The molecular weight excluding hydrogens is 525 g/mol. The first-order chi connectivity index (χ1) is 1.00. The van der Waals surface area contributed by atoms with E-state index in [1.807, 2.05) is 0 Å². The van der Waals surface area contributed by atoms with E-state index in [-0.39, 0.29) is 50.6 Å². The van der Waals surface area contributed by atoms with Gasteiger partial charge in [-0.05, 0) is 0 Å². The van der Waals surface area contributed by atoms with E-state index >= 15 is 0 Å². The van der Waals surface area contributed by atoms with E-state index in [2.05, 4.69) is 11.8 Å². The molecule has 0 saturated heterocycles. The van der Waals surface area contributed by atoms with Gasteiger partial charge in [-0.15, -0.1) is 0 Å². The Labute approximate surface area is 82.0 Å². The Morgan fingerprint density at radius 3 is 1.25 bits per heavy atom. The summed E-state index contributed by atoms with van der Waals surface area (Å²) in [5.74, 6) is 0. The Kier molecular flexibility index (Phi) is 64.9. The molecule has 0 amide bonds. The van der Waals surface area contributed by atoms with E-state index in [1.165, 1.54) is 21.4 Å². The molecule has 0 nitrogen and oxygen atoms in total. The van der Waals surface area contributed by atoms with E-state index in [0.29, 0.717) is 0 Å². The molecule has 19 valence electrons. The first-order valence-electron chi connectivity index (χ1n) is 0.236. The van der Waals surface area contributed by atoms with E-state index in [4.69, 9.17) is 0 Å². The Bertz CT molecular complexity index is 8.00. The van der Waals surface area contributed by atoms with Crippen LogP contribution in [0.2, 0.25) is 0 Å². The standard InChI is InChI=1S/Bi.In.Sb.Se. The van der Waals surface area contributed by atoms with Gasteiger partial charge >= 0.3 is 33.2 Å². The van der Waals surface area contributed by atoms with Crippen LogP contribution in [0.1, 0.15) is 0 Å². The van der Waals surface area contributed by atoms with Crippen molar-refractivity contribution in [2.75, 3.05) is 0 Å². The van der Waals surface area contributed by atoms with Crippen molar-refractivity contribution in [1.29, 1.82) is 0 Å². The van der Waals surface area contributed by atoms with Gasteiger partial charge in [-0.1, -0.05) is 0 Å². The molecule has 0 aliphatic carbocycles. The first kappa shape index (κ1) is 15.7. The van der Waals surface area contributed by atoms with Gasteiger partial charge < -0.3 is 0 Å². The topological polar surface area (TPSA) is 0 Å². The van der Waals surface area contributed by atoms with E-state index < -0.39 is 0 Å². The van der Waals surface area contributed by atoms with Crippen LogP contribution in [0.5, 0.6) is 0 Å². The number of rotatable bonds is 0. The van der Waals surface area contributed by atoms with Crippen molar-refractivity contribution < 1.29 is 0 Å². The molecule has 0 unspecified atom stereocenters. The van der Waals surface area contributed by atoms with Crippen LogP contribution >= 0.6 is 0 Å². The fourth-order valence-corrected chi connectivity index (χ4v) is 0. The van der Waals surface area contributed by atoms with Crippen LogP contribution in [0.15, 0.2) is 0 Å². The summed E-state index contributed by atoms with van der Waals surface area (Å²) < 4.78 is 0. The molecule has 0 aliphatic heterocycles. The third-order valence-electron chi connectivity index (χ3n) is 0. The average molecular weight is 525 g/mol. The third kappa shape index (κ3) is 8.92. The minimum atomic E-state index is 0. The van der Waals surface area contributed by atoms with Crippen LogP contribution in [0.3, 0.4) is 0 Å². The molecule has 0 aromatic rings. The zero-order valence-electron chi connectivity index (χ0n) is 1.88. The molecule has 0 heterocycles. The minimum absolute atomic E-state index is 0. The van der Waals surface area contributed by atoms with E-state index in [1.54, 1.807) is 0 Å². The van der Waals surface area contributed by atoms with Crippen LogP contribution in [0, 0.1) is 0 Å². The van der Waals surface area contributed by atoms with Crippen LogP contribution in [-0.4, -0.2) is 83.8 Å². The molecule has 0 fully saturated rings. The summed E-state index contributed by atoms with van der Waals surface area (Å²) >= 11 is 3.98. The van der Waals surface area contributed by atoms with Crippen molar-refractivity contribution in [2.45, 2.75) is 0 Å². The maximum absolute atomic E-state index is 2.76. The van der Waals surface area contributed by atoms with Crippen molar-refractivity contribution in [3.05, 3.63) is 0 Å². The van der Waals surface area contributed by atoms with Gasteiger partial charge in [0.15, 0.2) is 0 Å². The zero-order chi connectivity index (χ0) is 2.00. The summed E-state index contributed by atoms with van der Waals surface area (Å²) in [6, 6.07) is 0. The van der Waals surface area contributed by atoms with Crippen LogP contribution in [0.4, 0.5) is 0 Å². The third-order valence-corrected chi connectivity index (χ3v) is 0. The molecule has 0 rings (SSSR count). The summed E-state index contributed by atoms with van der Waals surface area (Å²) in [6.07, 6.45) is 0. The summed E-state index contributed by atoms with van der Waals surface area (Å²) in [6.45, 7) is 0. The van der Waals surface area contributed by atoms with Crippen molar-refractivity contribution >= 4 is 83.8 Å². The van der Waals surface area contributed by atoms with Crippen molar-refractivity contribution in [3.63, 3.8) is 0 Å². The van der Waals surface area contributed by atoms with Gasteiger partial charge in [0.25, 0.3) is 0 Å². The fraction of sp³-hybridized carbons (Fsp3) is 0. The van der Waals surface area contributed by atoms with Gasteiger partial charge in [0, 0.05) is 50.6 Å². The number of hydrogen-bond acceptors (Lipinski definition) is 0. The second-order valence-corrected chi connectivity index (χ2v) is 0. The average Bonchev–Trinajstić information content (AvgIpc) is 1.00. The van der Waals surface area contributed by atoms with Crippen molar-refractivity contribution in [1.82, 2.24) is 0 Å². The van der Waals surface area contributed by atoms with Gasteiger partial charge in [0.05, 0.1) is 0 Å². The van der Waals surface area contributed by atoms with Crippen molar-refractivity contribution in [2.24, 2.45) is 0 Å². The predicted octanol–water partition coefficient (Wildman–Crippen LogP) is -1.52. The molecule has 0 aromatic carbocycles. The molecule has 4 heteroatoms. The van der Waals surface area contributed by atoms with Crippen LogP contribution in [0.25, 0.3) is 0 Å². The SMILES string of the molecule is [Bi].[Sb].[Se]=[In]. The normalized spacial score (nSPS) is 0.750. The molecule has 0 spiro atoms. The van der Waals surface area contributed by atoms with Crippen LogP contribution < -0.4 is 0 Å². The molecule has 0 saturated carbocycles. The van der Waals surface area contributed by atoms with Crippen molar-refractivity contribution in [3.8, 4) is 0 Å². The second kappa shape index (κ2) is 16.5. The molecule has 0 bridgehead atoms. The molecule has 0 N–H and O–H groups in total. The molecular formula is BiInSbSe. The van der Waals surface area contributed by atoms with Gasteiger partial charge in [0.2, 0.25) is 0 Å². The number of hydrogen-bond donors (Lipinski definition) is 0. The predicted molar refractivity (Wildman–Crippen MR) is 23.0 cm³/mol. The molecule has 0 atom stereocenters. The van der Waals surface area contributed by atoms with Gasteiger partial charge in [-0.25, -0.2) is 0 Å². The first-order valence-corrected chi connectivity index (χ1v) is 8.22. The monoisotopic (exact) mass is 525 g/mol. The van der Waals surface area contributed by atoms with Gasteiger partial charge in [-0.2, -0.15) is 0 Å². The maximum atomic E-state index is 2.76. The Balaban J connectivity index is -0.00000000500. The molecule has 4 heavy (non-hydrogen) atoms. The second-order valence-electron chi connectivity index (χ2n) is 0. The Morgan fingerprint density at radius 1 is 1.25 bits per heavy atom. The summed E-state index contributed by atoms with van der Waals surface area (Å²) in [5.41, 5.74) is 0. The Morgan fingerprint density at radius 2 is 1.25 bits per heavy atom.